The standard InChI is InChI=1S/C19H27NO/c1-4-20-19(14-21-12-11-15(2)3)18-10-9-16-7-5-6-8-17(16)13-18/h5-10,13,15,19-20H,4,11-12,14H2,1-3H3. The summed E-state index contributed by atoms with van der Waals surface area (Å²) in [6.45, 7) is 9.13. The molecule has 0 bridgehead atoms. The molecule has 0 aliphatic heterocycles. The lowest BCUT2D eigenvalue weighted by Gasteiger charge is -2.19. The van der Waals surface area contributed by atoms with E-state index in [1.54, 1.807) is 0 Å². The van der Waals surface area contributed by atoms with Gasteiger partial charge in [-0.15, -0.1) is 0 Å². The molecule has 0 amide bonds. The Balaban J connectivity index is 2.04. The van der Waals surface area contributed by atoms with Crippen LogP contribution in [0.2, 0.25) is 0 Å². The maximum absolute atomic E-state index is 5.86. The van der Waals surface area contributed by atoms with Crippen LogP contribution in [0.1, 0.15) is 38.8 Å². The maximum Gasteiger partial charge on any atom is 0.0661 e. The van der Waals surface area contributed by atoms with Crippen LogP contribution in [0.5, 0.6) is 0 Å². The second kappa shape index (κ2) is 8.16. The molecule has 2 aromatic rings. The number of hydrogen-bond acceptors (Lipinski definition) is 2. The Bertz CT molecular complexity index is 550. The van der Waals surface area contributed by atoms with Gasteiger partial charge in [0.15, 0.2) is 0 Å². The molecule has 2 heteroatoms. The molecule has 2 aromatic carbocycles. The Hall–Kier alpha value is -1.38. The average molecular weight is 285 g/mol. The van der Waals surface area contributed by atoms with Gasteiger partial charge in [-0.1, -0.05) is 57.2 Å². The molecule has 114 valence electrons. The van der Waals surface area contributed by atoms with Gasteiger partial charge in [0, 0.05) is 6.61 Å². The Kier molecular flexibility index (Phi) is 6.21. The van der Waals surface area contributed by atoms with E-state index in [1.165, 1.54) is 16.3 Å². The van der Waals surface area contributed by atoms with Crippen LogP contribution in [-0.4, -0.2) is 19.8 Å². The minimum Gasteiger partial charge on any atom is -0.379 e. The molecule has 1 atom stereocenters. The third-order valence-electron chi connectivity index (χ3n) is 3.75. The number of rotatable bonds is 8. The first-order valence-corrected chi connectivity index (χ1v) is 8.00. The highest BCUT2D eigenvalue weighted by Gasteiger charge is 2.11. The van der Waals surface area contributed by atoms with Crippen molar-refractivity contribution in [1.29, 1.82) is 0 Å². The highest BCUT2D eigenvalue weighted by molar-refractivity contribution is 5.83. The van der Waals surface area contributed by atoms with E-state index in [1.807, 2.05) is 0 Å². The van der Waals surface area contributed by atoms with Gasteiger partial charge in [-0.2, -0.15) is 0 Å². The zero-order chi connectivity index (χ0) is 15.1. The van der Waals surface area contributed by atoms with Crippen molar-refractivity contribution in [2.45, 2.75) is 33.2 Å². The lowest BCUT2D eigenvalue weighted by molar-refractivity contribution is 0.103. The van der Waals surface area contributed by atoms with Gasteiger partial charge in [0.05, 0.1) is 12.6 Å². The molecule has 0 aliphatic carbocycles. The molecule has 0 aromatic heterocycles. The first kappa shape index (κ1) is 16.0. The van der Waals surface area contributed by atoms with Crippen LogP contribution >= 0.6 is 0 Å². The zero-order valence-corrected chi connectivity index (χ0v) is 13.4. The fourth-order valence-corrected chi connectivity index (χ4v) is 2.46. The summed E-state index contributed by atoms with van der Waals surface area (Å²) in [7, 11) is 0. The Morgan fingerprint density at radius 3 is 2.52 bits per heavy atom. The predicted octanol–water partition coefficient (Wildman–Crippen LogP) is 4.55. The molecule has 21 heavy (non-hydrogen) atoms. The van der Waals surface area contributed by atoms with Crippen molar-refractivity contribution in [3.63, 3.8) is 0 Å². The predicted molar refractivity (Wildman–Crippen MR) is 90.6 cm³/mol. The number of fused-ring (bicyclic) bond motifs is 1. The number of nitrogens with one attached hydrogen (secondary N) is 1. The fourth-order valence-electron chi connectivity index (χ4n) is 2.46. The van der Waals surface area contributed by atoms with E-state index in [-0.39, 0.29) is 6.04 Å². The van der Waals surface area contributed by atoms with E-state index in [0.717, 1.165) is 26.2 Å². The highest BCUT2D eigenvalue weighted by atomic mass is 16.5. The van der Waals surface area contributed by atoms with Crippen molar-refractivity contribution in [3.05, 3.63) is 48.0 Å². The molecule has 0 saturated heterocycles. The minimum absolute atomic E-state index is 0.270. The van der Waals surface area contributed by atoms with Gasteiger partial charge < -0.3 is 10.1 Å². The molecule has 0 saturated carbocycles. The second-order valence-corrected chi connectivity index (χ2v) is 5.97. The summed E-state index contributed by atoms with van der Waals surface area (Å²) in [5.74, 6) is 0.697. The van der Waals surface area contributed by atoms with Gasteiger partial charge in [-0.25, -0.2) is 0 Å². The zero-order valence-electron chi connectivity index (χ0n) is 13.4. The van der Waals surface area contributed by atoms with Gasteiger partial charge in [0.25, 0.3) is 0 Å². The molecule has 0 spiro atoms. The van der Waals surface area contributed by atoms with Crippen LogP contribution in [0.25, 0.3) is 10.8 Å². The van der Waals surface area contributed by atoms with Crippen LogP contribution in [0.4, 0.5) is 0 Å². The largest absolute Gasteiger partial charge is 0.379 e. The summed E-state index contributed by atoms with van der Waals surface area (Å²) in [4.78, 5) is 0. The van der Waals surface area contributed by atoms with Crippen LogP contribution in [0, 0.1) is 5.92 Å². The SMILES string of the molecule is CCNC(COCCC(C)C)c1ccc2ccccc2c1. The molecule has 2 nitrogen and oxygen atoms in total. The van der Waals surface area contributed by atoms with Crippen molar-refractivity contribution in [1.82, 2.24) is 5.32 Å². The van der Waals surface area contributed by atoms with E-state index >= 15 is 0 Å². The van der Waals surface area contributed by atoms with Crippen molar-refractivity contribution < 1.29 is 4.74 Å². The van der Waals surface area contributed by atoms with E-state index in [9.17, 15) is 0 Å². The van der Waals surface area contributed by atoms with Crippen LogP contribution in [0.3, 0.4) is 0 Å². The summed E-state index contributed by atoms with van der Waals surface area (Å²) < 4.78 is 5.86. The number of benzene rings is 2. The van der Waals surface area contributed by atoms with Gasteiger partial charge >= 0.3 is 0 Å². The monoisotopic (exact) mass is 285 g/mol. The van der Waals surface area contributed by atoms with Gasteiger partial charge in [-0.05, 0) is 41.3 Å². The molecular formula is C19H27NO. The average Bonchev–Trinajstić information content (AvgIpc) is 2.49. The second-order valence-electron chi connectivity index (χ2n) is 5.97. The summed E-state index contributed by atoms with van der Waals surface area (Å²) in [6.07, 6.45) is 1.12. The van der Waals surface area contributed by atoms with Gasteiger partial charge in [0.2, 0.25) is 0 Å². The van der Waals surface area contributed by atoms with Crippen molar-refractivity contribution in [2.75, 3.05) is 19.8 Å². The van der Waals surface area contributed by atoms with Gasteiger partial charge in [0.1, 0.15) is 0 Å². The minimum atomic E-state index is 0.270. The third-order valence-corrected chi connectivity index (χ3v) is 3.75. The van der Waals surface area contributed by atoms with Crippen LogP contribution in [-0.2, 0) is 4.74 Å². The summed E-state index contributed by atoms with van der Waals surface area (Å²) in [6, 6.07) is 15.4. The summed E-state index contributed by atoms with van der Waals surface area (Å²) >= 11 is 0. The molecule has 1 unspecified atom stereocenters. The van der Waals surface area contributed by atoms with E-state index < -0.39 is 0 Å². The van der Waals surface area contributed by atoms with Crippen molar-refractivity contribution >= 4 is 10.8 Å². The van der Waals surface area contributed by atoms with E-state index in [4.69, 9.17) is 4.74 Å². The molecule has 0 fully saturated rings. The lowest BCUT2D eigenvalue weighted by atomic mass is 10.0. The molecule has 2 rings (SSSR count). The van der Waals surface area contributed by atoms with E-state index in [2.05, 4.69) is 68.6 Å². The van der Waals surface area contributed by atoms with Gasteiger partial charge in [-0.3, -0.25) is 0 Å². The molecular weight excluding hydrogens is 258 g/mol. The Morgan fingerprint density at radius 1 is 1.05 bits per heavy atom. The van der Waals surface area contributed by atoms with Crippen LogP contribution < -0.4 is 5.32 Å². The van der Waals surface area contributed by atoms with Crippen molar-refractivity contribution in [3.8, 4) is 0 Å². The Labute approximate surface area is 128 Å². The molecule has 0 radical (unpaired) electrons. The van der Waals surface area contributed by atoms with E-state index in [0.29, 0.717) is 5.92 Å². The number of likely N-dealkylation sites (N-methyl/N-ethyl adjacent to an activating group) is 1. The maximum atomic E-state index is 5.86. The summed E-state index contributed by atoms with van der Waals surface area (Å²) in [5, 5.41) is 6.11. The normalized spacial score (nSPS) is 13.0. The fraction of sp³-hybridized carbons (Fsp3) is 0.474. The quantitative estimate of drug-likeness (QED) is 0.718. The highest BCUT2D eigenvalue weighted by Crippen LogP contribution is 2.21. The summed E-state index contributed by atoms with van der Waals surface area (Å²) in [5.41, 5.74) is 1.31. The first-order chi connectivity index (χ1) is 10.2. The molecule has 0 heterocycles. The molecule has 0 aliphatic rings. The van der Waals surface area contributed by atoms with Crippen LogP contribution in [0.15, 0.2) is 42.5 Å². The molecule has 1 N–H and O–H groups in total. The van der Waals surface area contributed by atoms with Crippen molar-refractivity contribution in [2.24, 2.45) is 5.92 Å². The lowest BCUT2D eigenvalue weighted by Crippen LogP contribution is -2.25. The topological polar surface area (TPSA) is 21.3 Å². The number of hydrogen-bond donors (Lipinski definition) is 1. The number of ether oxygens (including phenoxy) is 1. The first-order valence-electron chi connectivity index (χ1n) is 8.00. The smallest absolute Gasteiger partial charge is 0.0661 e. The third kappa shape index (κ3) is 4.83. The Morgan fingerprint density at radius 2 is 1.81 bits per heavy atom.